The van der Waals surface area contributed by atoms with Gasteiger partial charge in [0.1, 0.15) is 17.2 Å². The highest BCUT2D eigenvalue weighted by Crippen LogP contribution is 2.33. The fraction of sp³-hybridized carbons (Fsp3) is 0.385. The Morgan fingerprint density at radius 2 is 2.00 bits per heavy atom. The van der Waals surface area contributed by atoms with E-state index in [1.54, 1.807) is 0 Å². The molecule has 0 saturated carbocycles. The summed E-state index contributed by atoms with van der Waals surface area (Å²) in [7, 11) is 0. The summed E-state index contributed by atoms with van der Waals surface area (Å²) in [5, 5.41) is 4.85. The summed E-state index contributed by atoms with van der Waals surface area (Å²) in [6.07, 6.45) is 2.65. The Balaban J connectivity index is 1.47. The van der Waals surface area contributed by atoms with E-state index in [2.05, 4.69) is 52.4 Å². The molecular formula is C26H29BrN2O3. The molecule has 1 fully saturated rings. The van der Waals surface area contributed by atoms with Crippen molar-refractivity contribution in [2.75, 3.05) is 19.8 Å². The lowest BCUT2D eigenvalue weighted by Gasteiger charge is -2.29. The number of hydrogen-bond donors (Lipinski definition) is 1. The normalized spacial score (nSPS) is 19.1. The number of nitrogens with zero attached hydrogens (tertiary/aromatic N) is 1. The van der Waals surface area contributed by atoms with Crippen LogP contribution in [0.15, 0.2) is 54.6 Å². The first kappa shape index (κ1) is 22.7. The Kier molecular flexibility index (Phi) is 7.11. The van der Waals surface area contributed by atoms with E-state index in [0.717, 1.165) is 41.9 Å². The van der Waals surface area contributed by atoms with Crippen molar-refractivity contribution >= 4 is 32.8 Å². The van der Waals surface area contributed by atoms with Crippen LogP contribution in [0.2, 0.25) is 0 Å². The van der Waals surface area contributed by atoms with Crippen LogP contribution in [0.4, 0.5) is 0 Å². The molecule has 32 heavy (non-hydrogen) atoms. The molecule has 2 heterocycles. The maximum atomic E-state index is 11.8. The van der Waals surface area contributed by atoms with Gasteiger partial charge in [0, 0.05) is 5.39 Å². The molecular weight excluding hydrogens is 468 g/mol. The monoisotopic (exact) mass is 496 g/mol. The average Bonchev–Trinajstić information content (AvgIpc) is 3.29. The van der Waals surface area contributed by atoms with Crippen molar-refractivity contribution in [1.29, 1.82) is 0 Å². The zero-order valence-electron chi connectivity index (χ0n) is 18.6. The van der Waals surface area contributed by atoms with Crippen LogP contribution in [0.3, 0.4) is 0 Å². The van der Waals surface area contributed by atoms with Gasteiger partial charge in [-0.2, -0.15) is 0 Å². The summed E-state index contributed by atoms with van der Waals surface area (Å²) in [4.78, 5) is 16.5. The summed E-state index contributed by atoms with van der Waals surface area (Å²) in [5.74, 6) is 0.571. The van der Waals surface area contributed by atoms with Crippen molar-refractivity contribution in [3.8, 4) is 5.75 Å². The Morgan fingerprint density at radius 3 is 2.72 bits per heavy atom. The van der Waals surface area contributed by atoms with Crippen molar-refractivity contribution < 1.29 is 14.3 Å². The van der Waals surface area contributed by atoms with Gasteiger partial charge in [0.25, 0.3) is 0 Å². The molecule has 1 aromatic heterocycles. The van der Waals surface area contributed by atoms with Gasteiger partial charge in [-0.25, -0.2) is 0 Å². The number of fused-ring (bicyclic) bond motifs is 1. The third kappa shape index (κ3) is 4.97. The number of rotatable bonds is 8. The molecule has 6 heteroatoms. The summed E-state index contributed by atoms with van der Waals surface area (Å²) in [5.41, 5.74) is 4.05. The van der Waals surface area contributed by atoms with Gasteiger partial charge in [-0.3, -0.25) is 9.78 Å². The van der Waals surface area contributed by atoms with Crippen LogP contribution in [0.5, 0.6) is 5.75 Å². The predicted molar refractivity (Wildman–Crippen MR) is 130 cm³/mol. The topological polar surface area (TPSA) is 60.5 Å². The number of halogens is 1. The quantitative estimate of drug-likeness (QED) is 0.348. The third-order valence-corrected chi connectivity index (χ3v) is 6.72. The molecule has 0 aliphatic carbocycles. The van der Waals surface area contributed by atoms with Crippen molar-refractivity contribution in [3.63, 3.8) is 0 Å². The highest BCUT2D eigenvalue weighted by atomic mass is 79.9. The third-order valence-electron chi connectivity index (χ3n) is 6.02. The van der Waals surface area contributed by atoms with Gasteiger partial charge in [-0.1, -0.05) is 46.3 Å². The van der Waals surface area contributed by atoms with E-state index in [4.69, 9.17) is 14.5 Å². The molecule has 0 spiro atoms. The van der Waals surface area contributed by atoms with Crippen LogP contribution < -0.4 is 10.1 Å². The molecule has 1 unspecified atom stereocenters. The molecule has 0 amide bonds. The van der Waals surface area contributed by atoms with Crippen molar-refractivity contribution in [2.45, 2.75) is 43.5 Å². The molecule has 0 radical (unpaired) electrons. The number of hydrogen-bond acceptors (Lipinski definition) is 5. The van der Waals surface area contributed by atoms with Crippen molar-refractivity contribution in [2.24, 2.45) is 0 Å². The zero-order valence-corrected chi connectivity index (χ0v) is 20.2. The number of ether oxygens (including phenoxy) is 2. The first-order chi connectivity index (χ1) is 15.5. The molecule has 1 aliphatic heterocycles. The van der Waals surface area contributed by atoms with E-state index in [0.29, 0.717) is 19.6 Å². The first-order valence-corrected chi connectivity index (χ1v) is 12.1. The van der Waals surface area contributed by atoms with Crippen LogP contribution in [0.1, 0.15) is 36.6 Å². The second-order valence-corrected chi connectivity index (χ2v) is 9.42. The van der Waals surface area contributed by atoms with E-state index in [1.165, 1.54) is 10.9 Å². The molecule has 168 valence electrons. The van der Waals surface area contributed by atoms with Crippen LogP contribution in [0, 0.1) is 6.92 Å². The van der Waals surface area contributed by atoms with Crippen LogP contribution in [-0.2, 0) is 21.5 Å². The number of alkyl halides is 1. The van der Waals surface area contributed by atoms with Gasteiger partial charge in [0.05, 0.1) is 23.4 Å². The number of carbonyl (C=O) groups excluding carboxylic acids is 1. The number of para-hydroxylation sites is 1. The standard InChI is InChI=1S/C26H29BrN2O3/c1-3-31-25(30)22(27)16-19-9-11-20(12-10-19)32-17-26(13-6-14-28-26)24-15-18(2)21-7-4-5-8-23(21)29-24/h4-5,7-12,15,22,28H,3,6,13-14,16-17H2,1-2H3/t22?,26-/m1/s1. The molecule has 4 rings (SSSR count). The highest BCUT2D eigenvalue weighted by molar-refractivity contribution is 9.10. The highest BCUT2D eigenvalue weighted by Gasteiger charge is 2.38. The first-order valence-electron chi connectivity index (χ1n) is 11.1. The number of aryl methyl sites for hydroxylation is 1. The minimum atomic E-state index is -0.345. The van der Waals surface area contributed by atoms with Crippen LogP contribution in [-0.4, -0.2) is 35.5 Å². The van der Waals surface area contributed by atoms with E-state index in [9.17, 15) is 4.79 Å². The van der Waals surface area contributed by atoms with E-state index >= 15 is 0 Å². The lowest BCUT2D eigenvalue weighted by Crippen LogP contribution is -2.43. The van der Waals surface area contributed by atoms with E-state index in [-0.39, 0.29) is 16.3 Å². The van der Waals surface area contributed by atoms with Gasteiger partial charge in [0.15, 0.2) is 0 Å². The lowest BCUT2D eigenvalue weighted by molar-refractivity contribution is -0.142. The summed E-state index contributed by atoms with van der Waals surface area (Å²) < 4.78 is 11.3. The Morgan fingerprint density at radius 1 is 1.22 bits per heavy atom. The van der Waals surface area contributed by atoms with E-state index in [1.807, 2.05) is 37.3 Å². The largest absolute Gasteiger partial charge is 0.491 e. The zero-order chi connectivity index (χ0) is 22.6. The van der Waals surface area contributed by atoms with Crippen LogP contribution in [0.25, 0.3) is 10.9 Å². The van der Waals surface area contributed by atoms with Crippen LogP contribution >= 0.6 is 15.9 Å². The Bertz CT molecular complexity index is 1080. The molecule has 3 aromatic rings. The Hall–Kier alpha value is -2.44. The minimum Gasteiger partial charge on any atom is -0.491 e. The smallest absolute Gasteiger partial charge is 0.320 e. The summed E-state index contributed by atoms with van der Waals surface area (Å²) in [6.45, 7) is 5.81. The number of benzene rings is 2. The van der Waals surface area contributed by atoms with Gasteiger partial charge < -0.3 is 14.8 Å². The number of carbonyl (C=O) groups is 1. The van der Waals surface area contributed by atoms with Crippen molar-refractivity contribution in [1.82, 2.24) is 10.3 Å². The number of pyridine rings is 1. The molecule has 1 saturated heterocycles. The second kappa shape index (κ2) is 10.0. The number of nitrogens with one attached hydrogen (secondary N) is 1. The maximum Gasteiger partial charge on any atom is 0.320 e. The fourth-order valence-electron chi connectivity index (χ4n) is 4.27. The van der Waals surface area contributed by atoms with E-state index < -0.39 is 0 Å². The SMILES string of the molecule is CCOC(=O)C(Br)Cc1ccc(OC[C@@]2(c3cc(C)c4ccccc4n3)CCCN2)cc1. The number of esters is 1. The minimum absolute atomic E-state index is 0.236. The summed E-state index contributed by atoms with van der Waals surface area (Å²) >= 11 is 3.41. The predicted octanol–water partition coefficient (Wildman–Crippen LogP) is 5.07. The molecule has 2 atom stereocenters. The fourth-order valence-corrected chi connectivity index (χ4v) is 4.77. The summed E-state index contributed by atoms with van der Waals surface area (Å²) in [6, 6.07) is 18.4. The lowest BCUT2D eigenvalue weighted by atomic mass is 9.91. The number of aromatic nitrogens is 1. The average molecular weight is 497 g/mol. The molecule has 1 aliphatic rings. The van der Waals surface area contributed by atoms with Crippen molar-refractivity contribution in [3.05, 3.63) is 71.4 Å². The Labute approximate surface area is 197 Å². The van der Waals surface area contributed by atoms with Gasteiger partial charge in [-0.15, -0.1) is 0 Å². The molecule has 1 N–H and O–H groups in total. The molecule has 0 bridgehead atoms. The molecule has 5 nitrogen and oxygen atoms in total. The second-order valence-electron chi connectivity index (χ2n) is 8.31. The van der Waals surface area contributed by atoms with Gasteiger partial charge in [0.2, 0.25) is 0 Å². The molecule has 2 aromatic carbocycles. The maximum absolute atomic E-state index is 11.8. The van der Waals surface area contributed by atoms with Gasteiger partial charge in [-0.05, 0) is 75.0 Å². The van der Waals surface area contributed by atoms with Gasteiger partial charge >= 0.3 is 5.97 Å².